The van der Waals surface area contributed by atoms with Crippen LogP contribution in [0.15, 0.2) is 24.3 Å². The number of carbonyl (C=O) groups excluding carboxylic acids is 1. The van der Waals surface area contributed by atoms with Crippen molar-refractivity contribution >= 4 is 5.91 Å². The SMILES string of the molecule is CCCCCCC/C=C\C/C=C\CCCCCCCCCCCC(=O)NC(CO)C(O)CCCCCCCCCCCCCC. The fourth-order valence-corrected chi connectivity index (χ4v) is 6.10. The molecule has 0 fully saturated rings. The van der Waals surface area contributed by atoms with Crippen LogP contribution in [-0.2, 0) is 4.79 Å². The molecule has 2 unspecified atom stereocenters. The van der Waals surface area contributed by atoms with Crippen LogP contribution < -0.4 is 5.32 Å². The van der Waals surface area contributed by atoms with Gasteiger partial charge in [0, 0.05) is 6.42 Å². The highest BCUT2D eigenvalue weighted by Gasteiger charge is 2.19. The van der Waals surface area contributed by atoms with Gasteiger partial charge in [-0.1, -0.05) is 186 Å². The van der Waals surface area contributed by atoms with Gasteiger partial charge >= 0.3 is 0 Å². The first-order valence-corrected chi connectivity index (χ1v) is 20.0. The fourth-order valence-electron chi connectivity index (χ4n) is 6.10. The molecular weight excluding hydrogens is 554 g/mol. The fraction of sp³-hybridized carbons (Fsp3) is 0.878. The first-order valence-electron chi connectivity index (χ1n) is 20.0. The summed E-state index contributed by atoms with van der Waals surface area (Å²) in [6.45, 7) is 4.34. The Kier molecular flexibility index (Phi) is 36.4. The number of carbonyl (C=O) groups is 1. The number of aliphatic hydroxyl groups is 2. The maximum absolute atomic E-state index is 12.4. The largest absolute Gasteiger partial charge is 0.394 e. The monoisotopic (exact) mass is 634 g/mol. The average Bonchev–Trinajstić information content (AvgIpc) is 3.04. The van der Waals surface area contributed by atoms with Crippen LogP contribution in [0.3, 0.4) is 0 Å². The number of hydrogen-bond acceptors (Lipinski definition) is 3. The molecule has 266 valence electrons. The van der Waals surface area contributed by atoms with Gasteiger partial charge in [0.2, 0.25) is 5.91 Å². The van der Waals surface area contributed by atoms with Gasteiger partial charge in [0.15, 0.2) is 0 Å². The molecule has 0 aliphatic rings. The van der Waals surface area contributed by atoms with Gasteiger partial charge in [-0.05, 0) is 44.9 Å². The van der Waals surface area contributed by atoms with Crippen molar-refractivity contribution in [3.63, 3.8) is 0 Å². The lowest BCUT2D eigenvalue weighted by Crippen LogP contribution is -2.45. The Morgan fingerprint density at radius 1 is 0.533 bits per heavy atom. The van der Waals surface area contributed by atoms with E-state index in [9.17, 15) is 15.0 Å². The smallest absolute Gasteiger partial charge is 0.220 e. The van der Waals surface area contributed by atoms with Crippen molar-refractivity contribution < 1.29 is 15.0 Å². The maximum Gasteiger partial charge on any atom is 0.220 e. The third kappa shape index (κ3) is 34.0. The van der Waals surface area contributed by atoms with Crippen LogP contribution in [0, 0.1) is 0 Å². The molecule has 4 heteroatoms. The lowest BCUT2D eigenvalue weighted by molar-refractivity contribution is -0.123. The molecule has 0 aromatic heterocycles. The van der Waals surface area contributed by atoms with E-state index in [0.29, 0.717) is 12.8 Å². The predicted octanol–water partition coefficient (Wildman–Crippen LogP) is 12.1. The van der Waals surface area contributed by atoms with E-state index in [1.807, 2.05) is 0 Å². The van der Waals surface area contributed by atoms with Crippen molar-refractivity contribution in [2.45, 2.75) is 225 Å². The highest BCUT2D eigenvalue weighted by atomic mass is 16.3. The van der Waals surface area contributed by atoms with Crippen LogP contribution >= 0.6 is 0 Å². The molecule has 0 saturated carbocycles. The second-order valence-electron chi connectivity index (χ2n) is 13.7. The number of hydrogen-bond donors (Lipinski definition) is 3. The molecule has 2 atom stereocenters. The molecular formula is C41H79NO3. The third-order valence-corrected chi connectivity index (χ3v) is 9.22. The molecule has 0 aliphatic carbocycles. The first-order chi connectivity index (χ1) is 22.2. The first kappa shape index (κ1) is 43.9. The number of rotatable bonds is 36. The van der Waals surface area contributed by atoms with Gasteiger partial charge in [-0.15, -0.1) is 0 Å². The molecule has 0 radical (unpaired) electrons. The molecule has 0 aliphatic heterocycles. The van der Waals surface area contributed by atoms with E-state index in [-0.39, 0.29) is 12.5 Å². The van der Waals surface area contributed by atoms with Crippen molar-refractivity contribution in [2.24, 2.45) is 0 Å². The predicted molar refractivity (Wildman–Crippen MR) is 198 cm³/mol. The third-order valence-electron chi connectivity index (χ3n) is 9.22. The van der Waals surface area contributed by atoms with E-state index in [2.05, 4.69) is 43.5 Å². The van der Waals surface area contributed by atoms with Gasteiger partial charge in [0.1, 0.15) is 0 Å². The van der Waals surface area contributed by atoms with Crippen molar-refractivity contribution in [1.29, 1.82) is 0 Å². The Morgan fingerprint density at radius 3 is 1.33 bits per heavy atom. The van der Waals surface area contributed by atoms with Gasteiger partial charge < -0.3 is 15.5 Å². The van der Waals surface area contributed by atoms with E-state index < -0.39 is 12.1 Å². The molecule has 3 N–H and O–H groups in total. The molecule has 0 aromatic carbocycles. The second kappa shape index (κ2) is 37.3. The number of aliphatic hydroxyl groups excluding tert-OH is 2. The highest BCUT2D eigenvalue weighted by Crippen LogP contribution is 2.15. The van der Waals surface area contributed by atoms with Crippen molar-refractivity contribution in [3.8, 4) is 0 Å². The number of allylic oxidation sites excluding steroid dienone is 4. The normalized spacial score (nSPS) is 13.2. The van der Waals surface area contributed by atoms with Gasteiger partial charge in [0.05, 0.1) is 18.8 Å². The quantitative estimate of drug-likeness (QED) is 0.0475. The van der Waals surface area contributed by atoms with Gasteiger partial charge in [-0.2, -0.15) is 0 Å². The van der Waals surface area contributed by atoms with Gasteiger partial charge in [-0.3, -0.25) is 4.79 Å². The van der Waals surface area contributed by atoms with Crippen molar-refractivity contribution in [3.05, 3.63) is 24.3 Å². The van der Waals surface area contributed by atoms with Gasteiger partial charge in [0.25, 0.3) is 0 Å². The molecule has 0 saturated heterocycles. The van der Waals surface area contributed by atoms with Gasteiger partial charge in [-0.25, -0.2) is 0 Å². The van der Waals surface area contributed by atoms with Crippen molar-refractivity contribution in [2.75, 3.05) is 6.61 Å². The zero-order valence-corrected chi connectivity index (χ0v) is 30.4. The van der Waals surface area contributed by atoms with Crippen LogP contribution in [0.5, 0.6) is 0 Å². The Bertz CT molecular complexity index is 647. The zero-order chi connectivity index (χ0) is 32.9. The van der Waals surface area contributed by atoms with Crippen LogP contribution in [0.1, 0.15) is 213 Å². The minimum atomic E-state index is -0.657. The molecule has 0 heterocycles. The highest BCUT2D eigenvalue weighted by molar-refractivity contribution is 5.76. The Labute approximate surface area is 281 Å². The Balaban J connectivity index is 3.53. The van der Waals surface area contributed by atoms with Crippen molar-refractivity contribution in [1.82, 2.24) is 5.32 Å². The molecule has 0 spiro atoms. The minimum Gasteiger partial charge on any atom is -0.394 e. The summed E-state index contributed by atoms with van der Waals surface area (Å²) < 4.78 is 0. The van der Waals surface area contributed by atoms with E-state index >= 15 is 0 Å². The lowest BCUT2D eigenvalue weighted by atomic mass is 10.0. The standard InChI is InChI=1S/C41H79NO3/c1-3-5-7-9-11-13-15-17-18-19-20-21-22-23-24-25-27-29-31-33-35-37-41(45)42-39(38-43)40(44)36-34-32-30-28-26-16-14-12-10-8-6-4-2/h15,17,19-20,39-40,43-44H,3-14,16,18,21-38H2,1-2H3,(H,42,45)/b17-15-,20-19-. The van der Waals surface area contributed by atoms with Crippen LogP contribution in [0.2, 0.25) is 0 Å². The molecule has 4 nitrogen and oxygen atoms in total. The Hall–Kier alpha value is -1.13. The molecule has 0 aromatic rings. The Morgan fingerprint density at radius 2 is 0.911 bits per heavy atom. The van der Waals surface area contributed by atoms with Crippen LogP contribution in [-0.4, -0.2) is 34.9 Å². The summed E-state index contributed by atoms with van der Waals surface area (Å²) in [5, 5.41) is 23.1. The summed E-state index contributed by atoms with van der Waals surface area (Å²) >= 11 is 0. The summed E-state index contributed by atoms with van der Waals surface area (Å²) in [6, 6.07) is -0.535. The topological polar surface area (TPSA) is 69.6 Å². The number of nitrogens with one attached hydrogen (secondary N) is 1. The number of unbranched alkanes of at least 4 members (excludes halogenated alkanes) is 25. The van der Waals surface area contributed by atoms with E-state index in [1.165, 1.54) is 154 Å². The minimum absolute atomic E-state index is 0.0364. The average molecular weight is 634 g/mol. The summed E-state index contributed by atoms with van der Waals surface area (Å²) in [4.78, 5) is 12.4. The molecule has 1 amide bonds. The van der Waals surface area contributed by atoms with Crippen LogP contribution in [0.4, 0.5) is 0 Å². The lowest BCUT2D eigenvalue weighted by Gasteiger charge is -2.22. The molecule has 0 rings (SSSR count). The second-order valence-corrected chi connectivity index (χ2v) is 13.7. The molecule has 45 heavy (non-hydrogen) atoms. The van der Waals surface area contributed by atoms with E-state index in [4.69, 9.17) is 0 Å². The summed E-state index contributed by atoms with van der Waals surface area (Å²) in [7, 11) is 0. The van der Waals surface area contributed by atoms with E-state index in [0.717, 1.165) is 32.1 Å². The molecule has 0 bridgehead atoms. The zero-order valence-electron chi connectivity index (χ0n) is 30.4. The summed E-state index contributed by atoms with van der Waals surface area (Å²) in [5.41, 5.74) is 0. The maximum atomic E-state index is 12.4. The van der Waals surface area contributed by atoms with E-state index in [1.54, 1.807) is 0 Å². The summed E-state index contributed by atoms with van der Waals surface area (Å²) in [6.07, 6.45) is 46.7. The number of amides is 1. The summed E-state index contributed by atoms with van der Waals surface area (Å²) in [5.74, 6) is -0.0364. The van der Waals surface area contributed by atoms with Crippen LogP contribution in [0.25, 0.3) is 0 Å².